The van der Waals surface area contributed by atoms with E-state index in [4.69, 9.17) is 0 Å². The molecule has 0 aromatic heterocycles. The van der Waals surface area contributed by atoms with E-state index < -0.39 is 9.84 Å². The predicted molar refractivity (Wildman–Crippen MR) is 66.5 cm³/mol. The van der Waals surface area contributed by atoms with E-state index in [1.165, 1.54) is 0 Å². The van der Waals surface area contributed by atoms with Crippen LogP contribution in [-0.4, -0.2) is 27.3 Å². The maximum atomic E-state index is 12.0. The summed E-state index contributed by atoms with van der Waals surface area (Å²) in [5.74, 6) is 0.131. The van der Waals surface area contributed by atoms with Gasteiger partial charge in [-0.1, -0.05) is 6.07 Å². The van der Waals surface area contributed by atoms with Crippen LogP contribution in [0.1, 0.15) is 18.1 Å². The van der Waals surface area contributed by atoms with E-state index >= 15 is 0 Å². The van der Waals surface area contributed by atoms with Crippen LogP contribution < -0.4 is 5.32 Å². The van der Waals surface area contributed by atoms with Gasteiger partial charge in [0.15, 0.2) is 9.84 Å². The normalized spacial score (nSPS) is 13.8. The first kappa shape index (κ1) is 13.2. The lowest BCUT2D eigenvalue weighted by atomic mass is 10.1. The molecule has 3 nitrogen and oxygen atoms in total. The summed E-state index contributed by atoms with van der Waals surface area (Å²) >= 11 is 0. The number of rotatable bonds is 4. The van der Waals surface area contributed by atoms with Crippen molar-refractivity contribution < 1.29 is 8.42 Å². The van der Waals surface area contributed by atoms with Gasteiger partial charge < -0.3 is 5.32 Å². The first-order valence-corrected chi connectivity index (χ1v) is 6.99. The van der Waals surface area contributed by atoms with E-state index in [0.29, 0.717) is 4.90 Å². The number of aryl methyl sites for hydroxylation is 2. The van der Waals surface area contributed by atoms with Gasteiger partial charge in [0.1, 0.15) is 0 Å². The molecule has 1 aromatic carbocycles. The Morgan fingerprint density at radius 2 is 1.88 bits per heavy atom. The average molecular weight is 241 g/mol. The number of benzene rings is 1. The van der Waals surface area contributed by atoms with E-state index in [0.717, 1.165) is 11.1 Å². The van der Waals surface area contributed by atoms with Crippen LogP contribution in [0.2, 0.25) is 0 Å². The molecule has 0 bridgehead atoms. The lowest BCUT2D eigenvalue weighted by Gasteiger charge is -2.11. The second-order valence-electron chi connectivity index (χ2n) is 4.22. The summed E-state index contributed by atoms with van der Waals surface area (Å²) in [5.41, 5.74) is 2.12. The van der Waals surface area contributed by atoms with Crippen LogP contribution in [0.3, 0.4) is 0 Å². The molecule has 16 heavy (non-hydrogen) atoms. The highest BCUT2D eigenvalue weighted by Gasteiger charge is 2.17. The van der Waals surface area contributed by atoms with Gasteiger partial charge in [0.25, 0.3) is 0 Å². The highest BCUT2D eigenvalue weighted by Crippen LogP contribution is 2.16. The molecule has 0 radical (unpaired) electrons. The van der Waals surface area contributed by atoms with Crippen LogP contribution in [0.15, 0.2) is 23.1 Å². The van der Waals surface area contributed by atoms with Gasteiger partial charge in [-0.25, -0.2) is 8.42 Å². The Bertz CT molecular complexity index is 466. The van der Waals surface area contributed by atoms with Gasteiger partial charge in [0.05, 0.1) is 10.6 Å². The van der Waals surface area contributed by atoms with E-state index in [9.17, 15) is 8.42 Å². The fourth-order valence-electron chi connectivity index (χ4n) is 1.42. The first-order chi connectivity index (χ1) is 7.36. The molecule has 1 unspecified atom stereocenters. The van der Waals surface area contributed by atoms with Gasteiger partial charge in [0.2, 0.25) is 0 Å². The monoisotopic (exact) mass is 241 g/mol. The Morgan fingerprint density at radius 1 is 1.25 bits per heavy atom. The molecule has 90 valence electrons. The van der Waals surface area contributed by atoms with Crippen molar-refractivity contribution in [3.05, 3.63) is 29.3 Å². The van der Waals surface area contributed by atoms with Crippen LogP contribution in [0.25, 0.3) is 0 Å². The highest BCUT2D eigenvalue weighted by atomic mass is 32.2. The molecule has 1 atom stereocenters. The lowest BCUT2D eigenvalue weighted by molar-refractivity contribution is 0.578. The molecule has 0 aliphatic heterocycles. The summed E-state index contributed by atoms with van der Waals surface area (Å²) in [6.45, 7) is 5.76. The molecule has 1 rings (SSSR count). The van der Waals surface area contributed by atoms with E-state index in [1.54, 1.807) is 19.2 Å². The maximum Gasteiger partial charge on any atom is 0.179 e. The average Bonchev–Trinajstić information content (AvgIpc) is 2.21. The number of hydrogen-bond donors (Lipinski definition) is 1. The highest BCUT2D eigenvalue weighted by molar-refractivity contribution is 7.91. The second-order valence-corrected chi connectivity index (χ2v) is 6.25. The van der Waals surface area contributed by atoms with Gasteiger partial charge in [-0.2, -0.15) is 0 Å². The van der Waals surface area contributed by atoms with Crippen molar-refractivity contribution in [2.75, 3.05) is 12.8 Å². The third-order valence-corrected chi connectivity index (χ3v) is 4.71. The fraction of sp³-hybridized carbons (Fsp3) is 0.500. The Morgan fingerprint density at radius 3 is 2.38 bits per heavy atom. The van der Waals surface area contributed by atoms with Crippen LogP contribution in [0.4, 0.5) is 0 Å². The third-order valence-electron chi connectivity index (χ3n) is 2.80. The molecule has 4 heteroatoms. The van der Waals surface area contributed by atoms with Crippen molar-refractivity contribution in [2.45, 2.75) is 31.7 Å². The van der Waals surface area contributed by atoms with Crippen molar-refractivity contribution in [3.63, 3.8) is 0 Å². The van der Waals surface area contributed by atoms with Crippen LogP contribution in [-0.2, 0) is 9.84 Å². The summed E-state index contributed by atoms with van der Waals surface area (Å²) in [7, 11) is -1.41. The zero-order valence-electron chi connectivity index (χ0n) is 10.2. The molecule has 0 saturated heterocycles. The molecule has 0 aliphatic rings. The SMILES string of the molecule is CNC(C)CS(=O)(=O)c1ccc(C)c(C)c1. The van der Waals surface area contributed by atoms with Gasteiger partial charge in [-0.3, -0.25) is 0 Å². The zero-order valence-corrected chi connectivity index (χ0v) is 11.1. The molecule has 0 fully saturated rings. The molecular weight excluding hydrogens is 222 g/mol. The largest absolute Gasteiger partial charge is 0.316 e. The summed E-state index contributed by atoms with van der Waals surface area (Å²) in [6.07, 6.45) is 0. The first-order valence-electron chi connectivity index (χ1n) is 5.34. The second kappa shape index (κ2) is 4.97. The van der Waals surface area contributed by atoms with Crippen LogP contribution in [0, 0.1) is 13.8 Å². The van der Waals surface area contributed by atoms with Gasteiger partial charge in [-0.05, 0) is 51.1 Å². The molecule has 1 N–H and O–H groups in total. The molecule has 1 aromatic rings. The summed E-state index contributed by atoms with van der Waals surface area (Å²) in [6, 6.07) is 5.24. The van der Waals surface area contributed by atoms with Crippen molar-refractivity contribution in [1.29, 1.82) is 0 Å². The molecule has 0 heterocycles. The van der Waals surface area contributed by atoms with Crippen molar-refractivity contribution in [2.24, 2.45) is 0 Å². The minimum atomic E-state index is -3.17. The van der Waals surface area contributed by atoms with Crippen LogP contribution >= 0.6 is 0 Å². The Labute approximate surface area is 97.8 Å². The Kier molecular flexibility index (Phi) is 4.10. The van der Waals surface area contributed by atoms with E-state index in [1.807, 2.05) is 26.8 Å². The minimum Gasteiger partial charge on any atom is -0.316 e. The standard InChI is InChI=1S/C12H19NO2S/c1-9-5-6-12(7-10(9)2)16(14,15)8-11(3)13-4/h5-7,11,13H,8H2,1-4H3. The fourth-order valence-corrected chi connectivity index (χ4v) is 3.07. The molecule has 0 aliphatic carbocycles. The maximum absolute atomic E-state index is 12.0. The lowest BCUT2D eigenvalue weighted by Crippen LogP contribution is -2.29. The van der Waals surface area contributed by atoms with Crippen LogP contribution in [0.5, 0.6) is 0 Å². The van der Waals surface area contributed by atoms with Gasteiger partial charge >= 0.3 is 0 Å². The molecule has 0 saturated carbocycles. The zero-order chi connectivity index (χ0) is 12.3. The van der Waals surface area contributed by atoms with E-state index in [2.05, 4.69) is 5.32 Å². The molecule has 0 amide bonds. The smallest absolute Gasteiger partial charge is 0.179 e. The van der Waals surface area contributed by atoms with Crippen molar-refractivity contribution in [1.82, 2.24) is 5.32 Å². The topological polar surface area (TPSA) is 46.2 Å². The molecule has 0 spiro atoms. The van der Waals surface area contributed by atoms with Crippen molar-refractivity contribution >= 4 is 9.84 Å². The summed E-state index contributed by atoms with van der Waals surface area (Å²) in [5, 5.41) is 2.94. The number of sulfone groups is 1. The minimum absolute atomic E-state index is 0.0355. The number of hydrogen-bond acceptors (Lipinski definition) is 3. The van der Waals surface area contributed by atoms with E-state index in [-0.39, 0.29) is 11.8 Å². The van der Waals surface area contributed by atoms with Gasteiger partial charge in [-0.15, -0.1) is 0 Å². The predicted octanol–water partition coefficient (Wildman–Crippen LogP) is 1.69. The number of nitrogens with one attached hydrogen (secondary N) is 1. The summed E-state index contributed by atoms with van der Waals surface area (Å²) in [4.78, 5) is 0.415. The Hall–Kier alpha value is -0.870. The quantitative estimate of drug-likeness (QED) is 0.872. The summed E-state index contributed by atoms with van der Waals surface area (Å²) < 4.78 is 24.1. The van der Waals surface area contributed by atoms with Gasteiger partial charge in [0, 0.05) is 6.04 Å². The molecular formula is C12H19NO2S. The Balaban J connectivity index is 3.03. The van der Waals surface area contributed by atoms with Crippen molar-refractivity contribution in [3.8, 4) is 0 Å². The third kappa shape index (κ3) is 3.06.